The van der Waals surface area contributed by atoms with E-state index < -0.39 is 4.92 Å². The first-order chi connectivity index (χ1) is 7.18. The van der Waals surface area contributed by atoms with Crippen molar-refractivity contribution < 1.29 is 9.45 Å². The van der Waals surface area contributed by atoms with Crippen molar-refractivity contribution in [3.8, 4) is 11.3 Å². The quantitative estimate of drug-likeness (QED) is 0.620. The van der Waals surface area contributed by atoms with E-state index in [0.29, 0.717) is 5.56 Å². The lowest BCUT2D eigenvalue weighted by molar-refractivity contribution is -0.384. The fourth-order valence-corrected chi connectivity index (χ4v) is 1.60. The third kappa shape index (κ3) is 1.89. The van der Waals surface area contributed by atoms with Crippen LogP contribution >= 0.6 is 15.9 Å². The van der Waals surface area contributed by atoms with Crippen LogP contribution in [0.3, 0.4) is 0 Å². The fourth-order valence-electron chi connectivity index (χ4n) is 1.20. The Labute approximate surface area is 93.0 Å². The maximum atomic E-state index is 10.6. The van der Waals surface area contributed by atoms with Gasteiger partial charge in [0.25, 0.3) is 0 Å². The van der Waals surface area contributed by atoms with E-state index in [4.69, 9.17) is 0 Å². The third-order valence-corrected chi connectivity index (χ3v) is 2.34. The number of nitrogens with zero attached hydrogens (tertiary/aromatic N) is 2. The number of aromatic nitrogens is 1. The first-order valence-corrected chi connectivity index (χ1v) is 4.82. The van der Waals surface area contributed by atoms with E-state index in [-0.39, 0.29) is 11.4 Å². The maximum absolute atomic E-state index is 10.6. The molecule has 2 rings (SSSR count). The van der Waals surface area contributed by atoms with Crippen LogP contribution in [0.5, 0.6) is 0 Å². The predicted molar refractivity (Wildman–Crippen MR) is 56.3 cm³/mol. The smallest absolute Gasteiger partial charge is 0.336 e. The van der Waals surface area contributed by atoms with Crippen LogP contribution in [0.1, 0.15) is 0 Å². The average molecular weight is 269 g/mol. The van der Waals surface area contributed by atoms with Crippen LogP contribution in [0.25, 0.3) is 11.3 Å². The molecule has 0 unspecified atom stereocenters. The molecule has 0 spiro atoms. The molecule has 5 nitrogen and oxygen atoms in total. The molecule has 0 saturated heterocycles. The van der Waals surface area contributed by atoms with Crippen molar-refractivity contribution in [3.63, 3.8) is 0 Å². The Morgan fingerprint density at radius 1 is 1.47 bits per heavy atom. The highest BCUT2D eigenvalue weighted by molar-refractivity contribution is 9.10. The summed E-state index contributed by atoms with van der Waals surface area (Å²) in [5.74, 6) is 0. The summed E-state index contributed by atoms with van der Waals surface area (Å²) in [5, 5.41) is 14.2. The summed E-state index contributed by atoms with van der Waals surface area (Å²) in [6.07, 6.45) is 1.02. The molecule has 1 heterocycles. The van der Waals surface area contributed by atoms with Gasteiger partial charge in [0.15, 0.2) is 5.69 Å². The molecule has 0 aliphatic heterocycles. The summed E-state index contributed by atoms with van der Waals surface area (Å²) in [6, 6.07) is 7.08. The van der Waals surface area contributed by atoms with Crippen molar-refractivity contribution >= 4 is 21.6 Å². The minimum atomic E-state index is -0.521. The molecule has 2 aromatic rings. The number of hydrogen-bond acceptors (Lipinski definition) is 4. The highest BCUT2D eigenvalue weighted by Crippen LogP contribution is 2.29. The van der Waals surface area contributed by atoms with Crippen molar-refractivity contribution in [2.75, 3.05) is 0 Å². The minimum absolute atomic E-state index is 0.131. The van der Waals surface area contributed by atoms with E-state index in [0.717, 1.165) is 10.7 Å². The number of hydrogen-bond donors (Lipinski definition) is 0. The molecule has 15 heavy (non-hydrogen) atoms. The van der Waals surface area contributed by atoms with Gasteiger partial charge in [0.2, 0.25) is 6.26 Å². The van der Waals surface area contributed by atoms with Crippen molar-refractivity contribution in [2.24, 2.45) is 0 Å². The molecular weight excluding hydrogens is 264 g/mol. The molecule has 0 aliphatic rings. The molecule has 76 valence electrons. The van der Waals surface area contributed by atoms with Crippen LogP contribution in [-0.2, 0) is 0 Å². The van der Waals surface area contributed by atoms with E-state index >= 15 is 0 Å². The van der Waals surface area contributed by atoms with Gasteiger partial charge in [-0.3, -0.25) is 10.1 Å². The van der Waals surface area contributed by atoms with Crippen molar-refractivity contribution in [2.45, 2.75) is 0 Å². The zero-order chi connectivity index (χ0) is 10.8. The number of benzene rings is 1. The highest BCUT2D eigenvalue weighted by atomic mass is 79.9. The third-order valence-electron chi connectivity index (χ3n) is 1.85. The average Bonchev–Trinajstić information content (AvgIpc) is 2.65. The Hall–Kier alpha value is -1.69. The monoisotopic (exact) mass is 268 g/mol. The summed E-state index contributed by atoms with van der Waals surface area (Å²) in [5.41, 5.74) is 0.749. The molecule has 0 atom stereocenters. The van der Waals surface area contributed by atoms with E-state index in [9.17, 15) is 10.1 Å². The maximum Gasteiger partial charge on any atom is 0.336 e. The molecule has 1 aromatic heterocycles. The number of rotatable bonds is 2. The van der Waals surface area contributed by atoms with Crippen LogP contribution in [0, 0.1) is 10.1 Å². The lowest BCUT2D eigenvalue weighted by atomic mass is 10.1. The molecule has 0 N–H and O–H groups in total. The van der Waals surface area contributed by atoms with E-state index in [2.05, 4.69) is 25.6 Å². The predicted octanol–water partition coefficient (Wildman–Crippen LogP) is 3.01. The molecular formula is C9H5BrN2O3. The van der Waals surface area contributed by atoms with Gasteiger partial charge in [-0.05, 0) is 12.1 Å². The molecule has 0 amide bonds. The van der Waals surface area contributed by atoms with Gasteiger partial charge < -0.3 is 4.52 Å². The Balaban J connectivity index is 2.54. The zero-order valence-corrected chi connectivity index (χ0v) is 8.97. The summed E-state index contributed by atoms with van der Waals surface area (Å²) in [6.45, 7) is 0. The van der Waals surface area contributed by atoms with Gasteiger partial charge in [0.05, 0.1) is 4.92 Å². The van der Waals surface area contributed by atoms with Gasteiger partial charge in [-0.2, -0.15) is 0 Å². The van der Waals surface area contributed by atoms with E-state index in [1.807, 2.05) is 6.07 Å². The SMILES string of the molecule is O=[N+]([O-])c1conc1-c1cccc(Br)c1. The topological polar surface area (TPSA) is 69.2 Å². The Morgan fingerprint density at radius 2 is 2.27 bits per heavy atom. The summed E-state index contributed by atoms with van der Waals surface area (Å²) in [4.78, 5) is 10.1. The second-order valence-electron chi connectivity index (χ2n) is 2.82. The van der Waals surface area contributed by atoms with Gasteiger partial charge in [0, 0.05) is 10.0 Å². The van der Waals surface area contributed by atoms with Crippen molar-refractivity contribution in [1.82, 2.24) is 5.16 Å². The van der Waals surface area contributed by atoms with Gasteiger partial charge in [-0.15, -0.1) is 0 Å². The van der Waals surface area contributed by atoms with Crippen LogP contribution in [0.2, 0.25) is 0 Å². The Morgan fingerprint density at radius 3 is 2.93 bits per heavy atom. The summed E-state index contributed by atoms with van der Waals surface area (Å²) >= 11 is 3.28. The molecule has 0 fully saturated rings. The fraction of sp³-hybridized carbons (Fsp3) is 0. The van der Waals surface area contributed by atoms with E-state index in [1.54, 1.807) is 18.2 Å². The second kappa shape index (κ2) is 3.82. The van der Waals surface area contributed by atoms with Gasteiger partial charge in [-0.25, -0.2) is 0 Å². The van der Waals surface area contributed by atoms with Crippen molar-refractivity contribution in [3.05, 3.63) is 45.1 Å². The van der Waals surface area contributed by atoms with Gasteiger partial charge in [0.1, 0.15) is 0 Å². The van der Waals surface area contributed by atoms with Gasteiger partial charge in [-0.1, -0.05) is 33.2 Å². The first kappa shape index (κ1) is 9.85. The summed E-state index contributed by atoms with van der Waals surface area (Å²) in [7, 11) is 0. The standard InChI is InChI=1S/C9H5BrN2O3/c10-7-3-1-2-6(4-7)9-8(12(13)14)5-15-11-9/h1-5H. The lowest BCUT2D eigenvalue weighted by Gasteiger charge is -1.95. The molecule has 0 saturated carbocycles. The largest absolute Gasteiger partial charge is 0.357 e. The van der Waals surface area contributed by atoms with E-state index in [1.165, 1.54) is 0 Å². The van der Waals surface area contributed by atoms with Gasteiger partial charge >= 0.3 is 5.69 Å². The molecule has 0 aliphatic carbocycles. The Kier molecular flexibility index (Phi) is 2.51. The number of halogens is 1. The van der Waals surface area contributed by atoms with Crippen LogP contribution in [0.4, 0.5) is 5.69 Å². The minimum Gasteiger partial charge on any atom is -0.357 e. The van der Waals surface area contributed by atoms with Crippen LogP contribution in [0.15, 0.2) is 39.5 Å². The highest BCUT2D eigenvalue weighted by Gasteiger charge is 2.20. The first-order valence-electron chi connectivity index (χ1n) is 4.03. The Bertz CT molecular complexity index is 510. The van der Waals surface area contributed by atoms with Crippen LogP contribution < -0.4 is 0 Å². The van der Waals surface area contributed by atoms with Crippen LogP contribution in [-0.4, -0.2) is 10.1 Å². The number of nitro groups is 1. The molecule has 1 aromatic carbocycles. The second-order valence-corrected chi connectivity index (χ2v) is 3.73. The zero-order valence-electron chi connectivity index (χ0n) is 7.38. The molecule has 6 heteroatoms. The normalized spacial score (nSPS) is 10.2. The summed E-state index contributed by atoms with van der Waals surface area (Å²) < 4.78 is 5.43. The van der Waals surface area contributed by atoms with Crippen molar-refractivity contribution in [1.29, 1.82) is 0 Å². The molecule has 0 bridgehead atoms. The lowest BCUT2D eigenvalue weighted by Crippen LogP contribution is -1.88. The molecule has 0 radical (unpaired) electrons.